The van der Waals surface area contributed by atoms with Crippen LogP contribution in [0, 0.1) is 17.6 Å². The standard InChI is InChI=1S/C30H36F2N6O2/c1-18(2)38-17-30(3,4)40-28-23(31)11-21(12-25(28)38)27-24(32)15-35-26(36-27)13-22-6-5-19(14-34-22)16-37-9-7-20(8-10-37)29(33)39/h5-6,11-12,14-15,18,20H,7-10,13,16-17H2,1-4H3,(H2,33,39). The molecule has 2 aliphatic rings. The van der Waals surface area contributed by atoms with Crippen molar-refractivity contribution in [1.82, 2.24) is 19.9 Å². The summed E-state index contributed by atoms with van der Waals surface area (Å²) < 4.78 is 36.2. The van der Waals surface area contributed by atoms with Gasteiger partial charge in [0, 0.05) is 36.0 Å². The van der Waals surface area contributed by atoms with E-state index in [2.05, 4.69) is 24.8 Å². The van der Waals surface area contributed by atoms with Gasteiger partial charge in [-0.05, 0) is 77.4 Å². The van der Waals surface area contributed by atoms with Crippen molar-refractivity contribution < 1.29 is 18.3 Å². The summed E-state index contributed by atoms with van der Waals surface area (Å²) in [6.45, 7) is 10.9. The number of primary amides is 1. The molecule has 4 heterocycles. The maximum absolute atomic E-state index is 15.3. The second kappa shape index (κ2) is 11.1. The van der Waals surface area contributed by atoms with Gasteiger partial charge in [0.2, 0.25) is 5.91 Å². The van der Waals surface area contributed by atoms with Gasteiger partial charge < -0.3 is 15.4 Å². The Bertz CT molecular complexity index is 1390. The smallest absolute Gasteiger partial charge is 0.220 e. The number of aromatic nitrogens is 3. The average Bonchev–Trinajstić information content (AvgIpc) is 2.91. The van der Waals surface area contributed by atoms with Gasteiger partial charge in [0.15, 0.2) is 17.4 Å². The highest BCUT2D eigenvalue weighted by Crippen LogP contribution is 2.42. The molecule has 212 valence electrons. The summed E-state index contributed by atoms with van der Waals surface area (Å²) in [6.07, 6.45) is 4.81. The highest BCUT2D eigenvalue weighted by molar-refractivity contribution is 5.76. The van der Waals surface area contributed by atoms with E-state index in [0.717, 1.165) is 49.9 Å². The highest BCUT2D eigenvalue weighted by atomic mass is 19.1. The van der Waals surface area contributed by atoms with E-state index in [4.69, 9.17) is 10.5 Å². The Hall–Kier alpha value is -3.66. The maximum Gasteiger partial charge on any atom is 0.220 e. The lowest BCUT2D eigenvalue weighted by Crippen LogP contribution is -2.49. The molecule has 0 radical (unpaired) electrons. The van der Waals surface area contributed by atoms with Crippen LogP contribution in [0.2, 0.25) is 0 Å². The molecule has 0 saturated carbocycles. The van der Waals surface area contributed by atoms with Crippen molar-refractivity contribution >= 4 is 11.6 Å². The molecule has 2 aliphatic heterocycles. The minimum Gasteiger partial charge on any atom is -0.481 e. The molecule has 0 aliphatic carbocycles. The lowest BCUT2D eigenvalue weighted by atomic mass is 9.96. The number of carbonyl (C=O) groups excluding carboxylic acids is 1. The Morgan fingerprint density at radius 1 is 1.12 bits per heavy atom. The highest BCUT2D eigenvalue weighted by Gasteiger charge is 2.35. The van der Waals surface area contributed by atoms with E-state index in [9.17, 15) is 9.18 Å². The van der Waals surface area contributed by atoms with Crippen molar-refractivity contribution in [3.63, 3.8) is 0 Å². The summed E-state index contributed by atoms with van der Waals surface area (Å²) in [6, 6.07) is 7.03. The summed E-state index contributed by atoms with van der Waals surface area (Å²) >= 11 is 0. The normalized spacial score (nSPS) is 17.5. The van der Waals surface area contributed by atoms with Gasteiger partial charge in [-0.15, -0.1) is 0 Å². The van der Waals surface area contributed by atoms with Gasteiger partial charge >= 0.3 is 0 Å². The molecule has 3 aromatic rings. The summed E-state index contributed by atoms with van der Waals surface area (Å²) in [5, 5.41) is 0. The first-order valence-electron chi connectivity index (χ1n) is 13.8. The first kappa shape index (κ1) is 27.9. The fraction of sp³-hybridized carbons (Fsp3) is 0.467. The topological polar surface area (TPSA) is 97.5 Å². The molecule has 1 fully saturated rings. The molecular formula is C30H36F2N6O2. The molecule has 8 nitrogen and oxygen atoms in total. The minimum atomic E-state index is -0.625. The van der Waals surface area contributed by atoms with Crippen molar-refractivity contribution in [3.8, 4) is 17.0 Å². The number of pyridine rings is 1. The fourth-order valence-corrected chi connectivity index (χ4v) is 5.44. The van der Waals surface area contributed by atoms with Crippen LogP contribution in [0.1, 0.15) is 57.6 Å². The number of anilines is 1. The summed E-state index contributed by atoms with van der Waals surface area (Å²) in [5.41, 5.74) is 7.63. The molecule has 10 heteroatoms. The van der Waals surface area contributed by atoms with Crippen LogP contribution in [0.3, 0.4) is 0 Å². The third-order valence-corrected chi connectivity index (χ3v) is 7.58. The maximum atomic E-state index is 15.3. The van der Waals surface area contributed by atoms with Crippen molar-refractivity contribution in [1.29, 1.82) is 0 Å². The first-order valence-corrected chi connectivity index (χ1v) is 13.8. The number of amides is 1. The Morgan fingerprint density at radius 2 is 1.88 bits per heavy atom. The van der Waals surface area contributed by atoms with Gasteiger partial charge in [-0.3, -0.25) is 14.7 Å². The van der Waals surface area contributed by atoms with Gasteiger partial charge in [0.1, 0.15) is 17.1 Å². The number of ether oxygens (including phenoxy) is 1. The quantitative estimate of drug-likeness (QED) is 0.463. The van der Waals surface area contributed by atoms with Crippen LogP contribution >= 0.6 is 0 Å². The Balaban J connectivity index is 1.32. The largest absolute Gasteiger partial charge is 0.481 e. The number of piperidine rings is 1. The van der Waals surface area contributed by atoms with Crippen LogP contribution in [-0.4, -0.2) is 57.0 Å². The molecule has 1 saturated heterocycles. The van der Waals surface area contributed by atoms with Gasteiger partial charge in [-0.1, -0.05) is 6.07 Å². The van der Waals surface area contributed by atoms with E-state index in [0.29, 0.717) is 30.0 Å². The molecule has 1 amide bonds. The number of carbonyl (C=O) groups is 1. The van der Waals surface area contributed by atoms with Crippen LogP contribution in [0.5, 0.6) is 5.75 Å². The summed E-state index contributed by atoms with van der Waals surface area (Å²) in [7, 11) is 0. The zero-order chi connectivity index (χ0) is 28.6. The van der Waals surface area contributed by atoms with E-state index in [1.54, 1.807) is 6.07 Å². The van der Waals surface area contributed by atoms with E-state index in [1.807, 2.05) is 46.0 Å². The van der Waals surface area contributed by atoms with Gasteiger partial charge in [0.25, 0.3) is 0 Å². The van der Waals surface area contributed by atoms with E-state index >= 15 is 4.39 Å². The lowest BCUT2D eigenvalue weighted by Gasteiger charge is -2.43. The number of nitrogens with zero attached hydrogens (tertiary/aromatic N) is 5. The van der Waals surface area contributed by atoms with Crippen LogP contribution in [0.4, 0.5) is 14.5 Å². The molecule has 1 aromatic carbocycles. The van der Waals surface area contributed by atoms with Crippen molar-refractivity contribution in [2.45, 2.75) is 65.1 Å². The number of benzene rings is 1. The van der Waals surface area contributed by atoms with Crippen molar-refractivity contribution in [2.75, 3.05) is 24.5 Å². The zero-order valence-electron chi connectivity index (χ0n) is 23.5. The summed E-state index contributed by atoms with van der Waals surface area (Å²) in [4.78, 5) is 28.9. The third kappa shape index (κ3) is 6.06. The first-order chi connectivity index (χ1) is 19.0. The molecule has 0 spiro atoms. The van der Waals surface area contributed by atoms with E-state index in [-0.39, 0.29) is 29.3 Å². The predicted molar refractivity (Wildman–Crippen MR) is 149 cm³/mol. The molecule has 0 atom stereocenters. The molecule has 40 heavy (non-hydrogen) atoms. The number of rotatable bonds is 7. The molecule has 2 aromatic heterocycles. The van der Waals surface area contributed by atoms with Gasteiger partial charge in [-0.25, -0.2) is 18.7 Å². The number of hydrogen-bond acceptors (Lipinski definition) is 7. The van der Waals surface area contributed by atoms with E-state index < -0.39 is 17.2 Å². The van der Waals surface area contributed by atoms with Crippen molar-refractivity contribution in [2.24, 2.45) is 11.7 Å². The Morgan fingerprint density at radius 3 is 2.52 bits per heavy atom. The average molecular weight is 551 g/mol. The van der Waals surface area contributed by atoms with Crippen LogP contribution in [-0.2, 0) is 17.8 Å². The SMILES string of the molecule is CC(C)N1CC(C)(C)Oc2c(F)cc(-c3nc(Cc4ccc(CN5CCC(C(N)=O)CC5)cn4)ncc3F)cc21. The molecule has 2 N–H and O–H groups in total. The Kier molecular flexibility index (Phi) is 7.72. The van der Waals surface area contributed by atoms with E-state index in [1.165, 1.54) is 6.07 Å². The second-order valence-electron chi connectivity index (χ2n) is 11.7. The molecular weight excluding hydrogens is 514 g/mol. The van der Waals surface area contributed by atoms with Crippen LogP contribution in [0.25, 0.3) is 11.3 Å². The van der Waals surface area contributed by atoms with Gasteiger partial charge in [-0.2, -0.15) is 0 Å². The Labute approximate surface area is 233 Å². The molecule has 0 unspecified atom stereocenters. The monoisotopic (exact) mass is 550 g/mol. The molecule has 0 bridgehead atoms. The van der Waals surface area contributed by atoms with Gasteiger partial charge in [0.05, 0.1) is 24.8 Å². The number of nitrogens with two attached hydrogens (primary N) is 1. The number of halogens is 2. The summed E-state index contributed by atoms with van der Waals surface area (Å²) in [5.74, 6) is -0.874. The predicted octanol–water partition coefficient (Wildman–Crippen LogP) is 4.49. The van der Waals surface area contributed by atoms with Crippen molar-refractivity contribution in [3.05, 3.63) is 65.4 Å². The third-order valence-electron chi connectivity index (χ3n) is 7.58. The number of hydrogen-bond donors (Lipinski definition) is 1. The lowest BCUT2D eigenvalue weighted by molar-refractivity contribution is -0.123. The van der Waals surface area contributed by atoms with Crippen LogP contribution in [0.15, 0.2) is 36.7 Å². The number of fused-ring (bicyclic) bond motifs is 1. The zero-order valence-corrected chi connectivity index (χ0v) is 23.5. The number of likely N-dealkylation sites (tertiary alicyclic amines) is 1. The minimum absolute atomic E-state index is 0.0372. The fourth-order valence-electron chi connectivity index (χ4n) is 5.44. The van der Waals surface area contributed by atoms with Crippen LogP contribution < -0.4 is 15.4 Å². The molecule has 5 rings (SSSR count). The second-order valence-corrected chi connectivity index (χ2v) is 11.7.